The number of methoxy groups -OCH3 is 3. The van der Waals surface area contributed by atoms with E-state index in [1.54, 1.807) is 57.2 Å². The Kier molecular flexibility index (Phi) is 10.1. The molecule has 2 aliphatic heterocycles. The summed E-state index contributed by atoms with van der Waals surface area (Å²) in [5.41, 5.74) is 0.685. The summed E-state index contributed by atoms with van der Waals surface area (Å²) in [5.74, 6) is -1.03. The molecule has 1 N–H and O–H groups in total. The number of benzene rings is 1. The van der Waals surface area contributed by atoms with Crippen LogP contribution >= 0.6 is 0 Å². The third kappa shape index (κ3) is 7.31. The Labute approximate surface area is 218 Å². The predicted octanol–water partition coefficient (Wildman–Crippen LogP) is 3.31. The number of rotatable bonds is 7. The molecule has 3 rings (SSSR count). The predicted molar refractivity (Wildman–Crippen MR) is 134 cm³/mol. The first-order valence-electron chi connectivity index (χ1n) is 12.2. The number of fused-ring (bicyclic) bond motifs is 2. The quantitative estimate of drug-likeness (QED) is 0.325. The van der Waals surface area contributed by atoms with E-state index in [2.05, 4.69) is 0 Å². The molecule has 1 aromatic rings. The Morgan fingerprint density at radius 1 is 0.973 bits per heavy atom. The maximum Gasteiger partial charge on any atom is 0.342 e. The van der Waals surface area contributed by atoms with E-state index in [0.717, 1.165) is 0 Å². The summed E-state index contributed by atoms with van der Waals surface area (Å²) >= 11 is 0. The third-order valence-electron chi connectivity index (χ3n) is 6.19. The van der Waals surface area contributed by atoms with Crippen molar-refractivity contribution < 1.29 is 47.8 Å². The highest BCUT2D eigenvalue weighted by molar-refractivity contribution is 5.97. The van der Waals surface area contributed by atoms with Crippen molar-refractivity contribution in [1.29, 1.82) is 0 Å². The molecule has 0 saturated carbocycles. The minimum absolute atomic E-state index is 0.0301. The summed E-state index contributed by atoms with van der Waals surface area (Å²) in [7, 11) is 4.52. The van der Waals surface area contributed by atoms with Crippen LogP contribution in [-0.4, -0.2) is 82.3 Å². The van der Waals surface area contributed by atoms with Gasteiger partial charge in [0.15, 0.2) is 12.6 Å². The minimum Gasteiger partial charge on any atom is -0.497 e. The summed E-state index contributed by atoms with van der Waals surface area (Å²) in [5, 5.41) is 11.0. The smallest absolute Gasteiger partial charge is 0.342 e. The van der Waals surface area contributed by atoms with Gasteiger partial charge in [-0.3, -0.25) is 0 Å². The molecule has 0 spiro atoms. The van der Waals surface area contributed by atoms with Crippen LogP contribution in [0.2, 0.25) is 0 Å². The second-order valence-electron chi connectivity index (χ2n) is 9.45. The summed E-state index contributed by atoms with van der Waals surface area (Å²) in [6.07, 6.45) is 3.24. The molecule has 6 atom stereocenters. The van der Waals surface area contributed by atoms with E-state index < -0.39 is 42.3 Å². The Morgan fingerprint density at radius 3 is 2.35 bits per heavy atom. The molecular weight excluding hydrogens is 484 g/mol. The van der Waals surface area contributed by atoms with E-state index in [9.17, 15) is 9.90 Å². The Morgan fingerprint density at radius 2 is 1.68 bits per heavy atom. The zero-order chi connectivity index (χ0) is 27.2. The van der Waals surface area contributed by atoms with E-state index in [4.69, 9.17) is 37.9 Å². The van der Waals surface area contributed by atoms with Gasteiger partial charge >= 0.3 is 5.97 Å². The average molecular weight is 523 g/mol. The molecule has 0 aliphatic carbocycles. The Balaban J connectivity index is 2.17. The molecule has 3 unspecified atom stereocenters. The number of carbonyl (C=O) groups excluding carboxylic acids is 1. The van der Waals surface area contributed by atoms with Crippen LogP contribution in [-0.2, 0) is 28.4 Å². The molecule has 37 heavy (non-hydrogen) atoms. The van der Waals surface area contributed by atoms with Gasteiger partial charge in [-0.2, -0.15) is 0 Å². The number of ether oxygens (including phenoxy) is 8. The molecule has 1 aromatic carbocycles. The van der Waals surface area contributed by atoms with Crippen LogP contribution in [0.3, 0.4) is 0 Å². The Bertz CT molecular complexity index is 972. The molecule has 0 radical (unpaired) electrons. The second kappa shape index (κ2) is 12.9. The fourth-order valence-corrected chi connectivity index (χ4v) is 4.15. The standard InChI is InChI=1S/C27H38O10/c1-16-8-10-20(28)24-25(37-27(3,4)36-24)21(33-14-30-5)11-9-18-12-19(32-7)13-22(34-15-31-6)23(18)26(29)35-17(16)2/h8-13,16-17,20-21,24-25,28H,14-15H2,1-7H3/b10-8-,11-9+/t16-,17?,20?,21?,24-,25+/m1/s1. The van der Waals surface area contributed by atoms with Crippen molar-refractivity contribution in [2.45, 2.75) is 64.0 Å². The van der Waals surface area contributed by atoms with Crippen LogP contribution in [0.4, 0.5) is 0 Å². The first kappa shape index (κ1) is 29.1. The molecule has 2 aliphatic rings. The zero-order valence-electron chi connectivity index (χ0n) is 22.5. The van der Waals surface area contributed by atoms with Gasteiger partial charge in [0.1, 0.15) is 54.4 Å². The van der Waals surface area contributed by atoms with E-state index in [1.165, 1.54) is 21.3 Å². The van der Waals surface area contributed by atoms with E-state index >= 15 is 0 Å². The highest BCUT2D eigenvalue weighted by atomic mass is 16.8. The largest absolute Gasteiger partial charge is 0.497 e. The van der Waals surface area contributed by atoms with E-state index in [0.29, 0.717) is 11.3 Å². The lowest BCUT2D eigenvalue weighted by molar-refractivity contribution is -0.165. The number of hydrogen-bond donors (Lipinski definition) is 1. The van der Waals surface area contributed by atoms with Crippen molar-refractivity contribution in [1.82, 2.24) is 0 Å². The van der Waals surface area contributed by atoms with Crippen LogP contribution in [0.1, 0.15) is 43.6 Å². The molecule has 2 heterocycles. The maximum absolute atomic E-state index is 13.4. The van der Waals surface area contributed by atoms with Crippen LogP contribution in [0.5, 0.6) is 11.5 Å². The minimum atomic E-state index is -0.997. The summed E-state index contributed by atoms with van der Waals surface area (Å²) < 4.78 is 45.3. The Hall–Kier alpha value is -2.47. The van der Waals surface area contributed by atoms with Crippen LogP contribution in [0, 0.1) is 5.92 Å². The monoisotopic (exact) mass is 522 g/mol. The van der Waals surface area contributed by atoms with Crippen molar-refractivity contribution >= 4 is 12.0 Å². The number of aliphatic hydroxyl groups excluding tert-OH is 1. The van der Waals surface area contributed by atoms with Gasteiger partial charge in [0.25, 0.3) is 0 Å². The molecule has 10 nitrogen and oxygen atoms in total. The SMILES string of the molecule is COCOc1cc(OC)cc2c1C(=O)OC(C)[C@H](C)/C=C\C(O)[C@H]1OC(C)(C)O[C@H]1C(OCOC)/C=C/2. The van der Waals surface area contributed by atoms with E-state index in [1.807, 2.05) is 6.92 Å². The van der Waals surface area contributed by atoms with Crippen molar-refractivity contribution in [3.63, 3.8) is 0 Å². The number of esters is 1. The normalized spacial score (nSPS) is 31.4. The lowest BCUT2D eigenvalue weighted by Gasteiger charge is -2.27. The van der Waals surface area contributed by atoms with E-state index in [-0.39, 0.29) is 30.8 Å². The fraction of sp³-hybridized carbons (Fsp3) is 0.593. The first-order valence-corrected chi connectivity index (χ1v) is 12.2. The zero-order valence-corrected chi connectivity index (χ0v) is 22.5. The first-order chi connectivity index (χ1) is 17.6. The molecular formula is C27H38O10. The van der Waals surface area contributed by atoms with Gasteiger partial charge < -0.3 is 43.0 Å². The number of cyclic esters (lactones) is 1. The fourth-order valence-electron chi connectivity index (χ4n) is 4.15. The lowest BCUT2D eigenvalue weighted by Crippen LogP contribution is -2.42. The van der Waals surface area contributed by atoms with Crippen molar-refractivity contribution in [3.05, 3.63) is 41.5 Å². The van der Waals surface area contributed by atoms with Crippen molar-refractivity contribution in [3.8, 4) is 11.5 Å². The van der Waals surface area contributed by atoms with Gasteiger partial charge in [0.2, 0.25) is 0 Å². The molecule has 1 fully saturated rings. The molecule has 206 valence electrons. The van der Waals surface area contributed by atoms with Gasteiger partial charge in [-0.15, -0.1) is 0 Å². The van der Waals surface area contributed by atoms with Gasteiger partial charge in [0, 0.05) is 26.2 Å². The summed E-state index contributed by atoms with van der Waals surface area (Å²) in [6, 6.07) is 3.30. The maximum atomic E-state index is 13.4. The molecule has 0 amide bonds. The van der Waals surface area contributed by atoms with Crippen molar-refractivity contribution in [2.75, 3.05) is 34.9 Å². The molecule has 10 heteroatoms. The molecule has 0 aromatic heterocycles. The van der Waals surface area contributed by atoms with Crippen molar-refractivity contribution in [2.24, 2.45) is 5.92 Å². The highest BCUT2D eigenvalue weighted by Gasteiger charge is 2.47. The number of hydrogen-bond acceptors (Lipinski definition) is 10. The third-order valence-corrected chi connectivity index (χ3v) is 6.19. The van der Waals surface area contributed by atoms with Gasteiger partial charge in [-0.05, 0) is 32.4 Å². The topological polar surface area (TPSA) is 111 Å². The van der Waals surface area contributed by atoms with Gasteiger partial charge in [0.05, 0.1) is 7.11 Å². The summed E-state index contributed by atoms with van der Waals surface area (Å²) in [6.45, 7) is 7.12. The average Bonchev–Trinajstić information content (AvgIpc) is 3.19. The number of aliphatic hydroxyl groups is 1. The van der Waals surface area contributed by atoms with Crippen LogP contribution in [0.25, 0.3) is 6.08 Å². The van der Waals surface area contributed by atoms with Crippen LogP contribution < -0.4 is 9.47 Å². The number of carbonyl (C=O) groups is 1. The highest BCUT2D eigenvalue weighted by Crippen LogP contribution is 2.36. The second-order valence-corrected chi connectivity index (χ2v) is 9.45. The van der Waals surface area contributed by atoms with Crippen LogP contribution in [0.15, 0.2) is 30.4 Å². The molecule has 1 saturated heterocycles. The van der Waals surface area contributed by atoms with Gasteiger partial charge in [-0.25, -0.2) is 4.79 Å². The van der Waals surface area contributed by atoms with Gasteiger partial charge in [-0.1, -0.05) is 31.2 Å². The molecule has 0 bridgehead atoms. The lowest BCUT2D eigenvalue weighted by atomic mass is 9.97. The summed E-state index contributed by atoms with van der Waals surface area (Å²) in [4.78, 5) is 13.4.